The first kappa shape index (κ1) is 15.3. The van der Waals surface area contributed by atoms with Crippen molar-refractivity contribution in [1.29, 1.82) is 0 Å². The number of carbonyl (C=O) groups excluding carboxylic acids is 1. The predicted molar refractivity (Wildman–Crippen MR) is 79.4 cm³/mol. The number of hydrogen-bond donors (Lipinski definition) is 2. The van der Waals surface area contributed by atoms with Crippen LogP contribution in [-0.2, 0) is 6.42 Å². The fourth-order valence-electron chi connectivity index (χ4n) is 2.09. The molecule has 0 aromatic heterocycles. The van der Waals surface area contributed by atoms with Crippen molar-refractivity contribution >= 4 is 6.03 Å². The van der Waals surface area contributed by atoms with E-state index in [0.717, 1.165) is 18.4 Å². The predicted octanol–water partition coefficient (Wildman–Crippen LogP) is 1.72. The van der Waals surface area contributed by atoms with Gasteiger partial charge in [0.1, 0.15) is 5.75 Å². The van der Waals surface area contributed by atoms with Crippen LogP contribution in [0.5, 0.6) is 17.2 Å². The Bertz CT molecular complexity index is 501. The van der Waals surface area contributed by atoms with Crippen LogP contribution in [0.2, 0.25) is 0 Å². The molecule has 1 saturated carbocycles. The second kappa shape index (κ2) is 7.06. The van der Waals surface area contributed by atoms with E-state index < -0.39 is 0 Å². The number of carbonyl (C=O) groups is 1. The van der Waals surface area contributed by atoms with Gasteiger partial charge in [-0.2, -0.15) is 0 Å². The molecule has 0 radical (unpaired) electrons. The SMILES string of the molecule is COc1cc(CCNC(=O)NC2CC2)c(OC)c(OC)c1. The average Bonchev–Trinajstić information content (AvgIpc) is 3.30. The second-order valence-corrected chi connectivity index (χ2v) is 4.95. The van der Waals surface area contributed by atoms with E-state index in [-0.39, 0.29) is 6.03 Å². The summed E-state index contributed by atoms with van der Waals surface area (Å²) in [5.74, 6) is 1.99. The van der Waals surface area contributed by atoms with Crippen LogP contribution in [0, 0.1) is 0 Å². The lowest BCUT2D eigenvalue weighted by molar-refractivity contribution is 0.240. The number of nitrogens with one attached hydrogen (secondary N) is 2. The van der Waals surface area contributed by atoms with Crippen LogP contribution < -0.4 is 24.8 Å². The van der Waals surface area contributed by atoms with Crippen LogP contribution in [0.4, 0.5) is 4.79 Å². The van der Waals surface area contributed by atoms with Crippen LogP contribution >= 0.6 is 0 Å². The van der Waals surface area contributed by atoms with Crippen molar-refractivity contribution in [3.05, 3.63) is 17.7 Å². The molecule has 0 saturated heterocycles. The van der Waals surface area contributed by atoms with Gasteiger partial charge >= 0.3 is 6.03 Å². The number of ether oxygens (including phenoxy) is 3. The molecule has 21 heavy (non-hydrogen) atoms. The lowest BCUT2D eigenvalue weighted by Gasteiger charge is -2.15. The van der Waals surface area contributed by atoms with E-state index in [1.165, 1.54) is 0 Å². The van der Waals surface area contributed by atoms with Crippen LogP contribution in [0.25, 0.3) is 0 Å². The van der Waals surface area contributed by atoms with Gasteiger partial charge in [0.05, 0.1) is 21.3 Å². The third-order valence-electron chi connectivity index (χ3n) is 3.36. The number of methoxy groups -OCH3 is 3. The molecule has 0 unspecified atom stereocenters. The molecule has 116 valence electrons. The minimum absolute atomic E-state index is 0.119. The Hall–Kier alpha value is -2.11. The maximum Gasteiger partial charge on any atom is 0.315 e. The zero-order valence-corrected chi connectivity index (χ0v) is 12.7. The van der Waals surface area contributed by atoms with Crippen molar-refractivity contribution in [1.82, 2.24) is 10.6 Å². The summed E-state index contributed by atoms with van der Waals surface area (Å²) in [4.78, 5) is 11.6. The standard InChI is InChI=1S/C15H22N2O4/c1-19-12-8-10(14(21-3)13(9-12)20-2)6-7-16-15(18)17-11-4-5-11/h8-9,11H,4-7H2,1-3H3,(H2,16,17,18). The van der Waals surface area contributed by atoms with Crippen LogP contribution in [0.1, 0.15) is 18.4 Å². The molecule has 0 spiro atoms. The minimum atomic E-state index is -0.119. The molecule has 0 heterocycles. The molecule has 0 bridgehead atoms. The fourth-order valence-corrected chi connectivity index (χ4v) is 2.09. The van der Waals surface area contributed by atoms with Crippen molar-refractivity contribution in [2.24, 2.45) is 0 Å². The number of amides is 2. The summed E-state index contributed by atoms with van der Waals surface area (Å²) in [6, 6.07) is 3.90. The van der Waals surface area contributed by atoms with Gasteiger partial charge in [-0.25, -0.2) is 4.79 Å². The van der Waals surface area contributed by atoms with Crippen molar-refractivity contribution in [2.75, 3.05) is 27.9 Å². The Morgan fingerprint density at radius 2 is 1.95 bits per heavy atom. The van der Waals surface area contributed by atoms with E-state index in [4.69, 9.17) is 14.2 Å². The highest BCUT2D eigenvalue weighted by molar-refractivity contribution is 5.74. The van der Waals surface area contributed by atoms with Gasteiger partial charge in [0, 0.05) is 24.2 Å². The van der Waals surface area contributed by atoms with Gasteiger partial charge in [-0.05, 0) is 25.3 Å². The van der Waals surface area contributed by atoms with Gasteiger partial charge in [-0.15, -0.1) is 0 Å². The number of benzene rings is 1. The highest BCUT2D eigenvalue weighted by Crippen LogP contribution is 2.35. The molecule has 2 rings (SSSR count). The van der Waals surface area contributed by atoms with Gasteiger partial charge in [-0.1, -0.05) is 0 Å². The van der Waals surface area contributed by atoms with Crippen molar-refractivity contribution in [3.63, 3.8) is 0 Å². The number of urea groups is 1. The summed E-state index contributed by atoms with van der Waals surface area (Å²) in [5.41, 5.74) is 0.931. The van der Waals surface area contributed by atoms with Crippen LogP contribution in [0.3, 0.4) is 0 Å². The summed E-state index contributed by atoms with van der Waals surface area (Å²) in [6.45, 7) is 0.519. The maximum atomic E-state index is 11.6. The van der Waals surface area contributed by atoms with E-state index in [0.29, 0.717) is 36.3 Å². The highest BCUT2D eigenvalue weighted by atomic mass is 16.5. The Kier molecular flexibility index (Phi) is 5.14. The lowest BCUT2D eigenvalue weighted by Crippen LogP contribution is -2.37. The molecule has 6 heteroatoms. The van der Waals surface area contributed by atoms with Gasteiger partial charge in [0.25, 0.3) is 0 Å². The second-order valence-electron chi connectivity index (χ2n) is 4.95. The quantitative estimate of drug-likeness (QED) is 0.803. The molecule has 1 aromatic rings. The molecule has 0 atom stereocenters. The Morgan fingerprint density at radius 3 is 2.52 bits per heavy atom. The molecule has 1 fully saturated rings. The Labute approximate surface area is 124 Å². The van der Waals surface area contributed by atoms with E-state index in [2.05, 4.69) is 10.6 Å². The van der Waals surface area contributed by atoms with Crippen LogP contribution in [-0.4, -0.2) is 39.9 Å². The molecule has 2 N–H and O–H groups in total. The van der Waals surface area contributed by atoms with Crippen molar-refractivity contribution < 1.29 is 19.0 Å². The highest BCUT2D eigenvalue weighted by Gasteiger charge is 2.23. The Balaban J connectivity index is 1.98. The molecule has 1 aromatic carbocycles. The molecule has 1 aliphatic carbocycles. The van der Waals surface area contributed by atoms with Crippen molar-refractivity contribution in [2.45, 2.75) is 25.3 Å². The lowest BCUT2D eigenvalue weighted by atomic mass is 10.1. The Morgan fingerprint density at radius 1 is 1.19 bits per heavy atom. The smallest absolute Gasteiger partial charge is 0.315 e. The van der Waals surface area contributed by atoms with E-state index in [9.17, 15) is 4.79 Å². The largest absolute Gasteiger partial charge is 0.497 e. The molecular weight excluding hydrogens is 272 g/mol. The maximum absolute atomic E-state index is 11.6. The normalized spacial score (nSPS) is 13.5. The van der Waals surface area contributed by atoms with Crippen LogP contribution in [0.15, 0.2) is 12.1 Å². The first-order chi connectivity index (χ1) is 10.2. The fraction of sp³-hybridized carbons (Fsp3) is 0.533. The van der Waals surface area contributed by atoms with E-state index in [1.54, 1.807) is 27.4 Å². The zero-order chi connectivity index (χ0) is 15.2. The van der Waals surface area contributed by atoms with Gasteiger partial charge in [0.2, 0.25) is 0 Å². The third-order valence-corrected chi connectivity index (χ3v) is 3.36. The number of hydrogen-bond acceptors (Lipinski definition) is 4. The summed E-state index contributed by atoms with van der Waals surface area (Å²) in [5, 5.41) is 5.72. The van der Waals surface area contributed by atoms with Gasteiger partial charge in [-0.3, -0.25) is 0 Å². The van der Waals surface area contributed by atoms with E-state index >= 15 is 0 Å². The molecule has 0 aliphatic heterocycles. The molecule has 6 nitrogen and oxygen atoms in total. The monoisotopic (exact) mass is 294 g/mol. The zero-order valence-electron chi connectivity index (χ0n) is 12.7. The van der Waals surface area contributed by atoms with E-state index in [1.807, 2.05) is 6.07 Å². The molecule has 1 aliphatic rings. The average molecular weight is 294 g/mol. The molecular formula is C15H22N2O4. The number of rotatable bonds is 7. The first-order valence-electron chi connectivity index (χ1n) is 7.01. The summed E-state index contributed by atoms with van der Waals surface area (Å²) in [6.07, 6.45) is 2.79. The minimum Gasteiger partial charge on any atom is -0.497 e. The first-order valence-corrected chi connectivity index (χ1v) is 7.01. The third kappa shape index (κ3) is 4.18. The van der Waals surface area contributed by atoms with Crippen molar-refractivity contribution in [3.8, 4) is 17.2 Å². The summed E-state index contributed by atoms with van der Waals surface area (Å²) < 4.78 is 15.9. The van der Waals surface area contributed by atoms with Gasteiger partial charge in [0.15, 0.2) is 11.5 Å². The summed E-state index contributed by atoms with van der Waals surface area (Å²) >= 11 is 0. The molecule has 2 amide bonds. The summed E-state index contributed by atoms with van der Waals surface area (Å²) in [7, 11) is 4.79. The topological polar surface area (TPSA) is 68.8 Å². The van der Waals surface area contributed by atoms with Gasteiger partial charge < -0.3 is 24.8 Å².